The van der Waals surface area contributed by atoms with Gasteiger partial charge >= 0.3 is 0 Å². The summed E-state index contributed by atoms with van der Waals surface area (Å²) in [7, 11) is 1.62. The summed E-state index contributed by atoms with van der Waals surface area (Å²) in [6.45, 7) is 6.17. The summed E-state index contributed by atoms with van der Waals surface area (Å²) in [5.74, 6) is 1.44. The van der Waals surface area contributed by atoms with Gasteiger partial charge in [-0.1, -0.05) is 13.3 Å². The van der Waals surface area contributed by atoms with Crippen LogP contribution >= 0.6 is 0 Å². The molecule has 1 heterocycles. The highest BCUT2D eigenvalue weighted by Gasteiger charge is 2.10. The largest absolute Gasteiger partial charge is 0.481 e. The van der Waals surface area contributed by atoms with Crippen LogP contribution in [0.4, 0.5) is 11.5 Å². The number of ether oxygens (including phenoxy) is 1. The fourth-order valence-corrected chi connectivity index (χ4v) is 1.57. The molecule has 0 saturated heterocycles. The van der Waals surface area contributed by atoms with Crippen molar-refractivity contribution in [2.45, 2.75) is 26.7 Å². The zero-order chi connectivity index (χ0) is 12.0. The summed E-state index contributed by atoms with van der Waals surface area (Å²) >= 11 is 0. The first-order chi connectivity index (χ1) is 7.72. The molecule has 1 rings (SSSR count). The highest BCUT2D eigenvalue weighted by atomic mass is 16.5. The Labute approximate surface area is 97.4 Å². The Morgan fingerprint density at radius 3 is 2.69 bits per heavy atom. The van der Waals surface area contributed by atoms with E-state index in [1.807, 2.05) is 6.07 Å². The first kappa shape index (κ1) is 12.6. The van der Waals surface area contributed by atoms with E-state index in [1.54, 1.807) is 13.2 Å². The lowest BCUT2D eigenvalue weighted by Gasteiger charge is -2.23. The van der Waals surface area contributed by atoms with Gasteiger partial charge in [-0.3, -0.25) is 0 Å². The maximum atomic E-state index is 5.93. The third-order valence-electron chi connectivity index (χ3n) is 2.55. The Kier molecular flexibility index (Phi) is 4.89. The minimum Gasteiger partial charge on any atom is -0.481 e. The molecule has 0 bridgehead atoms. The van der Waals surface area contributed by atoms with Gasteiger partial charge in [-0.2, -0.15) is 4.98 Å². The molecule has 4 nitrogen and oxygen atoms in total. The molecule has 0 aliphatic heterocycles. The Bertz CT molecular complexity index is 328. The van der Waals surface area contributed by atoms with Crippen LogP contribution in [0.2, 0.25) is 0 Å². The van der Waals surface area contributed by atoms with Crippen molar-refractivity contribution in [1.82, 2.24) is 4.98 Å². The van der Waals surface area contributed by atoms with E-state index in [2.05, 4.69) is 23.7 Å². The van der Waals surface area contributed by atoms with Crippen LogP contribution in [-0.2, 0) is 0 Å². The maximum Gasteiger partial charge on any atom is 0.215 e. The normalized spacial score (nSPS) is 10.2. The predicted molar refractivity (Wildman–Crippen MR) is 68.0 cm³/mol. The number of hydrogen-bond acceptors (Lipinski definition) is 4. The van der Waals surface area contributed by atoms with Crippen molar-refractivity contribution < 1.29 is 4.74 Å². The van der Waals surface area contributed by atoms with E-state index < -0.39 is 0 Å². The zero-order valence-electron chi connectivity index (χ0n) is 10.4. The smallest absolute Gasteiger partial charge is 0.215 e. The van der Waals surface area contributed by atoms with Crippen molar-refractivity contribution >= 4 is 11.5 Å². The van der Waals surface area contributed by atoms with E-state index in [1.165, 1.54) is 6.42 Å². The number of pyridine rings is 1. The Balaban J connectivity index is 2.89. The molecule has 0 aliphatic rings. The van der Waals surface area contributed by atoms with E-state index in [4.69, 9.17) is 10.5 Å². The van der Waals surface area contributed by atoms with Crippen LogP contribution in [0.25, 0.3) is 0 Å². The molecule has 0 aliphatic carbocycles. The molecule has 90 valence electrons. The lowest BCUT2D eigenvalue weighted by Crippen LogP contribution is -2.25. The van der Waals surface area contributed by atoms with Crippen molar-refractivity contribution in [2.75, 3.05) is 30.8 Å². The molecular weight excluding hydrogens is 202 g/mol. The van der Waals surface area contributed by atoms with E-state index in [0.717, 1.165) is 25.3 Å². The number of nitrogen functional groups attached to an aromatic ring is 1. The molecule has 1 aromatic rings. The average Bonchev–Trinajstić information content (AvgIpc) is 2.32. The molecule has 0 atom stereocenters. The van der Waals surface area contributed by atoms with Gasteiger partial charge in [0.25, 0.3) is 0 Å². The van der Waals surface area contributed by atoms with Crippen LogP contribution in [0.5, 0.6) is 5.88 Å². The van der Waals surface area contributed by atoms with E-state index in [9.17, 15) is 0 Å². The molecular formula is C12H21N3O. The first-order valence-corrected chi connectivity index (χ1v) is 5.78. The second-order valence-electron chi connectivity index (χ2n) is 3.70. The van der Waals surface area contributed by atoms with Crippen LogP contribution < -0.4 is 15.4 Å². The number of aromatic nitrogens is 1. The minimum absolute atomic E-state index is 0.610. The fraction of sp³-hybridized carbons (Fsp3) is 0.583. The molecule has 0 radical (unpaired) electrons. The SMILES string of the molecule is CCCCN(CC)c1nc(OC)ccc1N. The maximum absolute atomic E-state index is 5.93. The van der Waals surface area contributed by atoms with Crippen molar-refractivity contribution in [1.29, 1.82) is 0 Å². The highest BCUT2D eigenvalue weighted by molar-refractivity contribution is 5.63. The number of methoxy groups -OCH3 is 1. The number of unbranched alkanes of at least 4 members (excludes halogenated alkanes) is 1. The number of anilines is 2. The molecule has 0 spiro atoms. The molecule has 0 saturated carbocycles. The van der Waals surface area contributed by atoms with Gasteiger partial charge in [0.15, 0.2) is 5.82 Å². The molecule has 0 aromatic carbocycles. The predicted octanol–water partition coefficient (Wildman–Crippen LogP) is 2.30. The van der Waals surface area contributed by atoms with Gasteiger partial charge in [0.1, 0.15) is 0 Å². The Morgan fingerprint density at radius 1 is 1.38 bits per heavy atom. The van der Waals surface area contributed by atoms with Gasteiger partial charge in [-0.25, -0.2) is 0 Å². The summed E-state index contributed by atoms with van der Waals surface area (Å²) in [5.41, 5.74) is 6.64. The first-order valence-electron chi connectivity index (χ1n) is 5.78. The van der Waals surface area contributed by atoms with Gasteiger partial charge in [0.2, 0.25) is 5.88 Å². The summed E-state index contributed by atoms with van der Waals surface area (Å²) < 4.78 is 5.12. The van der Waals surface area contributed by atoms with Gasteiger partial charge < -0.3 is 15.4 Å². The number of rotatable bonds is 6. The van der Waals surface area contributed by atoms with Crippen LogP contribution in [0.1, 0.15) is 26.7 Å². The summed E-state index contributed by atoms with van der Waals surface area (Å²) in [6, 6.07) is 3.63. The summed E-state index contributed by atoms with van der Waals surface area (Å²) in [6.07, 6.45) is 2.31. The minimum atomic E-state index is 0.610. The van der Waals surface area contributed by atoms with Crippen molar-refractivity contribution in [3.05, 3.63) is 12.1 Å². The molecule has 16 heavy (non-hydrogen) atoms. The topological polar surface area (TPSA) is 51.4 Å². The Morgan fingerprint density at radius 2 is 2.12 bits per heavy atom. The molecule has 1 aromatic heterocycles. The van der Waals surface area contributed by atoms with Crippen LogP contribution in [0, 0.1) is 0 Å². The van der Waals surface area contributed by atoms with Crippen molar-refractivity contribution in [3.8, 4) is 5.88 Å². The van der Waals surface area contributed by atoms with E-state index in [0.29, 0.717) is 11.6 Å². The molecule has 0 fully saturated rings. The van der Waals surface area contributed by atoms with Crippen LogP contribution in [-0.4, -0.2) is 25.2 Å². The van der Waals surface area contributed by atoms with Crippen molar-refractivity contribution in [2.24, 2.45) is 0 Å². The van der Waals surface area contributed by atoms with Gasteiger partial charge in [-0.15, -0.1) is 0 Å². The molecule has 0 amide bonds. The molecule has 4 heteroatoms. The standard InChI is InChI=1S/C12H21N3O/c1-4-6-9-15(5-2)12-10(13)7-8-11(14-12)16-3/h7-8H,4-6,9,13H2,1-3H3. The van der Waals surface area contributed by atoms with Crippen molar-refractivity contribution in [3.63, 3.8) is 0 Å². The summed E-state index contributed by atoms with van der Waals surface area (Å²) in [4.78, 5) is 6.58. The quantitative estimate of drug-likeness (QED) is 0.804. The number of nitrogens with zero attached hydrogens (tertiary/aromatic N) is 2. The monoisotopic (exact) mass is 223 g/mol. The second kappa shape index (κ2) is 6.20. The molecule has 2 N–H and O–H groups in total. The van der Waals surface area contributed by atoms with Crippen LogP contribution in [0.3, 0.4) is 0 Å². The van der Waals surface area contributed by atoms with E-state index >= 15 is 0 Å². The Hall–Kier alpha value is -1.45. The summed E-state index contributed by atoms with van der Waals surface area (Å²) in [5, 5.41) is 0. The lowest BCUT2D eigenvalue weighted by atomic mass is 10.3. The third-order valence-corrected chi connectivity index (χ3v) is 2.55. The number of hydrogen-bond donors (Lipinski definition) is 1. The fourth-order valence-electron chi connectivity index (χ4n) is 1.57. The number of nitrogens with two attached hydrogens (primary N) is 1. The zero-order valence-corrected chi connectivity index (χ0v) is 10.4. The highest BCUT2D eigenvalue weighted by Crippen LogP contribution is 2.23. The van der Waals surface area contributed by atoms with Gasteiger partial charge in [0, 0.05) is 19.2 Å². The van der Waals surface area contributed by atoms with Crippen LogP contribution in [0.15, 0.2) is 12.1 Å². The van der Waals surface area contributed by atoms with E-state index in [-0.39, 0.29) is 0 Å². The second-order valence-corrected chi connectivity index (χ2v) is 3.70. The van der Waals surface area contributed by atoms with Gasteiger partial charge in [0.05, 0.1) is 12.8 Å². The average molecular weight is 223 g/mol. The lowest BCUT2D eigenvalue weighted by molar-refractivity contribution is 0.398. The van der Waals surface area contributed by atoms with Gasteiger partial charge in [-0.05, 0) is 19.4 Å². The molecule has 0 unspecified atom stereocenters. The third kappa shape index (κ3) is 3.02.